The van der Waals surface area contributed by atoms with Crippen molar-refractivity contribution in [2.45, 2.75) is 0 Å². The molecule has 0 aliphatic carbocycles. The van der Waals surface area contributed by atoms with Crippen LogP contribution in [0.1, 0.15) is 15.9 Å². The number of phenolic OH excluding ortho intramolecular Hbond substituents is 1. The van der Waals surface area contributed by atoms with E-state index in [1.54, 1.807) is 36.8 Å². The van der Waals surface area contributed by atoms with Crippen molar-refractivity contribution in [1.29, 1.82) is 0 Å². The average Bonchev–Trinajstić information content (AvgIpc) is 3.23. The van der Waals surface area contributed by atoms with Gasteiger partial charge in [0.25, 0.3) is 0 Å². The number of para-hydroxylation sites is 1. The summed E-state index contributed by atoms with van der Waals surface area (Å²) < 4.78 is 0. The van der Waals surface area contributed by atoms with Gasteiger partial charge in [-0.1, -0.05) is 24.3 Å². The van der Waals surface area contributed by atoms with Crippen LogP contribution in [0.5, 0.6) is 5.75 Å². The third-order valence-electron chi connectivity index (χ3n) is 4.17. The van der Waals surface area contributed by atoms with Crippen LogP contribution in [0.25, 0.3) is 22.3 Å². The van der Waals surface area contributed by atoms with Crippen molar-refractivity contribution in [3.05, 3.63) is 90.5 Å². The highest BCUT2D eigenvalue weighted by Crippen LogP contribution is 2.33. The molecule has 0 aliphatic rings. The first-order valence-electron chi connectivity index (χ1n) is 8.10. The van der Waals surface area contributed by atoms with E-state index in [0.717, 1.165) is 16.7 Å². The lowest BCUT2D eigenvalue weighted by molar-refractivity contribution is 0.103. The van der Waals surface area contributed by atoms with Gasteiger partial charge in [0, 0.05) is 35.3 Å². The van der Waals surface area contributed by atoms with Crippen molar-refractivity contribution in [1.82, 2.24) is 15.2 Å². The van der Waals surface area contributed by atoms with Gasteiger partial charge in [0.1, 0.15) is 5.75 Å². The smallest absolute Gasteiger partial charge is 0.196 e. The first-order chi connectivity index (χ1) is 12.7. The van der Waals surface area contributed by atoms with Gasteiger partial charge in [0.05, 0.1) is 11.8 Å². The molecule has 0 saturated carbocycles. The fourth-order valence-electron chi connectivity index (χ4n) is 2.87. The Morgan fingerprint density at radius 2 is 1.73 bits per heavy atom. The molecule has 5 nitrogen and oxygen atoms in total. The number of aromatic hydroxyl groups is 1. The van der Waals surface area contributed by atoms with Crippen LogP contribution in [0.15, 0.2) is 79.4 Å². The summed E-state index contributed by atoms with van der Waals surface area (Å²) in [5.74, 6) is 0.0266. The molecule has 4 aromatic rings. The fraction of sp³-hybridized carbons (Fsp3) is 0. The van der Waals surface area contributed by atoms with Crippen LogP contribution in [-0.4, -0.2) is 26.1 Å². The molecule has 0 radical (unpaired) electrons. The third kappa shape index (κ3) is 2.98. The maximum absolute atomic E-state index is 12.8. The zero-order chi connectivity index (χ0) is 17.9. The first-order valence-corrected chi connectivity index (χ1v) is 8.10. The number of aromatic nitrogens is 3. The van der Waals surface area contributed by atoms with Crippen LogP contribution in [0, 0.1) is 0 Å². The Bertz CT molecular complexity index is 1060. The molecule has 26 heavy (non-hydrogen) atoms. The molecule has 2 heterocycles. The maximum Gasteiger partial charge on any atom is 0.196 e. The van der Waals surface area contributed by atoms with Crippen LogP contribution < -0.4 is 0 Å². The zero-order valence-corrected chi connectivity index (χ0v) is 13.8. The topological polar surface area (TPSA) is 78.9 Å². The minimum atomic E-state index is -0.138. The molecule has 0 atom stereocenters. The van der Waals surface area contributed by atoms with Crippen molar-refractivity contribution in [3.63, 3.8) is 0 Å². The highest BCUT2D eigenvalue weighted by Gasteiger charge is 2.15. The molecular formula is C21H15N3O2. The van der Waals surface area contributed by atoms with E-state index in [1.807, 2.05) is 36.4 Å². The van der Waals surface area contributed by atoms with Crippen molar-refractivity contribution in [2.75, 3.05) is 0 Å². The molecule has 0 fully saturated rings. The number of rotatable bonds is 4. The summed E-state index contributed by atoms with van der Waals surface area (Å²) in [5.41, 5.74) is 4.18. The Morgan fingerprint density at radius 3 is 2.46 bits per heavy atom. The molecule has 2 N–H and O–H groups in total. The van der Waals surface area contributed by atoms with Crippen LogP contribution >= 0.6 is 0 Å². The van der Waals surface area contributed by atoms with Crippen LogP contribution in [-0.2, 0) is 0 Å². The van der Waals surface area contributed by atoms with E-state index in [0.29, 0.717) is 16.7 Å². The van der Waals surface area contributed by atoms with Crippen molar-refractivity contribution >= 4 is 5.78 Å². The molecule has 0 saturated heterocycles. The quantitative estimate of drug-likeness (QED) is 0.548. The number of nitrogens with one attached hydrogen (secondary N) is 1. The van der Waals surface area contributed by atoms with Gasteiger partial charge in [-0.25, -0.2) is 0 Å². The molecule has 4 rings (SSSR count). The van der Waals surface area contributed by atoms with E-state index in [4.69, 9.17) is 0 Å². The minimum absolute atomic E-state index is 0.138. The molecule has 5 heteroatoms. The Kier molecular flexibility index (Phi) is 4.03. The standard InChI is InChI=1S/C21H15N3O2/c25-20-6-2-1-5-19(20)16-8-15(14-4-3-7-22-11-14)9-17(10-16)21(26)18-12-23-24-13-18/h1-13,25H,(H,23,24). The second-order valence-corrected chi connectivity index (χ2v) is 5.87. The molecule has 126 valence electrons. The molecule has 0 bridgehead atoms. The number of hydrogen-bond donors (Lipinski definition) is 2. The second kappa shape index (κ2) is 6.64. The monoisotopic (exact) mass is 341 g/mol. The van der Waals surface area contributed by atoms with Crippen LogP contribution in [0.3, 0.4) is 0 Å². The number of H-pyrrole nitrogens is 1. The van der Waals surface area contributed by atoms with Gasteiger partial charge in [0.15, 0.2) is 5.78 Å². The number of carbonyl (C=O) groups excluding carboxylic acids is 1. The van der Waals surface area contributed by atoms with Crippen molar-refractivity contribution in [2.24, 2.45) is 0 Å². The lowest BCUT2D eigenvalue weighted by Gasteiger charge is -2.11. The number of ketones is 1. The predicted molar refractivity (Wildman–Crippen MR) is 98.8 cm³/mol. The van der Waals surface area contributed by atoms with E-state index < -0.39 is 0 Å². The molecule has 0 spiro atoms. The maximum atomic E-state index is 12.8. The molecule has 2 aromatic heterocycles. The number of aromatic amines is 1. The Hall–Kier alpha value is -3.73. The first kappa shape index (κ1) is 15.8. The molecular weight excluding hydrogens is 326 g/mol. The predicted octanol–water partition coefficient (Wildman–Crippen LogP) is 4.08. The van der Waals surface area contributed by atoms with Gasteiger partial charge >= 0.3 is 0 Å². The van der Waals surface area contributed by atoms with E-state index in [1.165, 1.54) is 6.20 Å². The molecule has 0 aliphatic heterocycles. The SMILES string of the molecule is O=C(c1cn[nH]c1)c1cc(-c2cccnc2)cc(-c2ccccc2O)c1. The summed E-state index contributed by atoms with van der Waals surface area (Å²) in [6.45, 7) is 0. The Morgan fingerprint density at radius 1 is 0.885 bits per heavy atom. The zero-order valence-electron chi connectivity index (χ0n) is 13.8. The minimum Gasteiger partial charge on any atom is -0.507 e. The lowest BCUT2D eigenvalue weighted by Crippen LogP contribution is -2.01. The number of hydrogen-bond acceptors (Lipinski definition) is 4. The highest BCUT2D eigenvalue weighted by molar-refractivity contribution is 6.10. The fourth-order valence-corrected chi connectivity index (χ4v) is 2.87. The van der Waals surface area contributed by atoms with Crippen molar-refractivity contribution in [3.8, 4) is 28.0 Å². The van der Waals surface area contributed by atoms with E-state index in [9.17, 15) is 9.90 Å². The van der Waals surface area contributed by atoms with E-state index in [2.05, 4.69) is 15.2 Å². The van der Waals surface area contributed by atoms with Gasteiger partial charge in [-0.15, -0.1) is 0 Å². The summed E-state index contributed by atoms with van der Waals surface area (Å²) in [6.07, 6.45) is 6.52. The highest BCUT2D eigenvalue weighted by atomic mass is 16.3. The number of pyridine rings is 1. The van der Waals surface area contributed by atoms with Gasteiger partial charge in [0.2, 0.25) is 0 Å². The summed E-state index contributed by atoms with van der Waals surface area (Å²) in [7, 11) is 0. The lowest BCUT2D eigenvalue weighted by atomic mass is 9.94. The van der Waals surface area contributed by atoms with Crippen LogP contribution in [0.2, 0.25) is 0 Å². The number of nitrogens with zero attached hydrogens (tertiary/aromatic N) is 2. The van der Waals surface area contributed by atoms with Gasteiger partial charge < -0.3 is 5.11 Å². The van der Waals surface area contributed by atoms with Gasteiger partial charge in [-0.3, -0.25) is 14.9 Å². The van der Waals surface area contributed by atoms with Crippen LogP contribution in [0.4, 0.5) is 0 Å². The summed E-state index contributed by atoms with van der Waals surface area (Å²) in [6, 6.07) is 16.4. The molecule has 2 aromatic carbocycles. The number of carbonyl (C=O) groups is 1. The second-order valence-electron chi connectivity index (χ2n) is 5.87. The average molecular weight is 341 g/mol. The Labute approximate surface area is 150 Å². The normalized spacial score (nSPS) is 10.6. The summed E-state index contributed by atoms with van der Waals surface area (Å²) in [5, 5.41) is 16.7. The van der Waals surface area contributed by atoms with Gasteiger partial charge in [-0.05, 0) is 41.5 Å². The summed E-state index contributed by atoms with van der Waals surface area (Å²) >= 11 is 0. The van der Waals surface area contributed by atoms with E-state index in [-0.39, 0.29) is 11.5 Å². The van der Waals surface area contributed by atoms with Crippen molar-refractivity contribution < 1.29 is 9.90 Å². The van der Waals surface area contributed by atoms with Gasteiger partial charge in [-0.2, -0.15) is 5.10 Å². The molecule has 0 amide bonds. The number of phenols is 1. The third-order valence-corrected chi connectivity index (χ3v) is 4.17. The largest absolute Gasteiger partial charge is 0.507 e. The molecule has 0 unspecified atom stereocenters. The summed E-state index contributed by atoms with van der Waals surface area (Å²) in [4.78, 5) is 17.0. The van der Waals surface area contributed by atoms with E-state index >= 15 is 0 Å². The Balaban J connectivity index is 1.90. The number of benzene rings is 2.